The summed E-state index contributed by atoms with van der Waals surface area (Å²) in [5, 5.41) is 7.02. The van der Waals surface area contributed by atoms with Gasteiger partial charge in [-0.3, -0.25) is 9.28 Å². The lowest BCUT2D eigenvalue weighted by atomic mass is 9.77. The minimum Gasteiger partial charge on any atom is -0.317 e. The van der Waals surface area contributed by atoms with E-state index in [0.717, 1.165) is 62.2 Å². The van der Waals surface area contributed by atoms with Gasteiger partial charge in [-0.05, 0) is 57.8 Å². The predicted molar refractivity (Wildman–Crippen MR) is 127 cm³/mol. The third-order valence-electron chi connectivity index (χ3n) is 8.65. The molecule has 6 heteroatoms. The molecule has 0 saturated carbocycles. The van der Waals surface area contributed by atoms with E-state index < -0.39 is 0 Å². The molecule has 4 saturated heterocycles. The number of carbonyl (C=O) groups excluding carboxylic acids is 1. The normalized spacial score (nSPS) is 33.3. The maximum absolute atomic E-state index is 13.4. The molecule has 1 unspecified atom stereocenters. The second-order valence-electron chi connectivity index (χ2n) is 10.00. The van der Waals surface area contributed by atoms with Crippen LogP contribution in [0.5, 0.6) is 0 Å². The first-order valence-corrected chi connectivity index (χ1v) is 11.8. The fourth-order valence-electron chi connectivity index (χ4n) is 6.89. The van der Waals surface area contributed by atoms with Crippen LogP contribution in [0.3, 0.4) is 0 Å². The summed E-state index contributed by atoms with van der Waals surface area (Å²) in [6.45, 7) is 11.0. The van der Waals surface area contributed by atoms with Crippen LogP contribution in [0, 0.1) is 12.3 Å². The van der Waals surface area contributed by atoms with Crippen molar-refractivity contribution in [2.24, 2.45) is 5.41 Å². The van der Waals surface area contributed by atoms with Crippen molar-refractivity contribution < 1.29 is 4.79 Å². The summed E-state index contributed by atoms with van der Waals surface area (Å²) >= 11 is 0. The van der Waals surface area contributed by atoms with Crippen LogP contribution in [0.1, 0.15) is 51.0 Å². The van der Waals surface area contributed by atoms with Crippen molar-refractivity contribution in [1.29, 1.82) is 0 Å². The summed E-state index contributed by atoms with van der Waals surface area (Å²) in [5.74, 6) is 0.369. The fourth-order valence-corrected chi connectivity index (χ4v) is 6.89. The van der Waals surface area contributed by atoms with E-state index >= 15 is 0 Å². The second kappa shape index (κ2) is 8.42. The highest BCUT2D eigenvalue weighted by Crippen LogP contribution is 2.44. The van der Waals surface area contributed by atoms with Crippen LogP contribution in [0.2, 0.25) is 0 Å². The fraction of sp³-hybridized carbons (Fsp3) is 0.708. The Balaban J connectivity index is 0.00000218. The van der Waals surface area contributed by atoms with Crippen molar-refractivity contribution in [3.05, 3.63) is 23.8 Å². The highest BCUT2D eigenvalue weighted by Gasteiger charge is 2.49. The minimum absolute atomic E-state index is 0. The molecule has 0 radical (unpaired) electrons. The van der Waals surface area contributed by atoms with E-state index in [1.54, 1.807) is 0 Å². The van der Waals surface area contributed by atoms with Gasteiger partial charge in [-0.1, -0.05) is 0 Å². The van der Waals surface area contributed by atoms with E-state index in [1.807, 2.05) is 0 Å². The second-order valence-corrected chi connectivity index (χ2v) is 10.00. The molecule has 30 heavy (non-hydrogen) atoms. The minimum atomic E-state index is -0.108. The van der Waals surface area contributed by atoms with E-state index in [-0.39, 0.29) is 17.8 Å². The van der Waals surface area contributed by atoms with Crippen molar-refractivity contribution in [2.75, 3.05) is 44.2 Å². The Kier molecular flexibility index (Phi) is 6.19. The van der Waals surface area contributed by atoms with E-state index in [2.05, 4.69) is 47.6 Å². The quantitative estimate of drug-likeness (QED) is 0.718. The summed E-state index contributed by atoms with van der Waals surface area (Å²) in [5.41, 5.74) is 3.77. The Hall–Kier alpha value is -1.14. The lowest BCUT2D eigenvalue weighted by Crippen LogP contribution is -2.59. The third-order valence-corrected chi connectivity index (χ3v) is 8.65. The first-order valence-electron chi connectivity index (χ1n) is 11.8. The van der Waals surface area contributed by atoms with Gasteiger partial charge >= 0.3 is 0 Å². The Morgan fingerprint density at radius 2 is 1.90 bits per heavy atom. The lowest BCUT2D eigenvalue weighted by Gasteiger charge is -2.43. The number of aryl methyl sites for hydroxylation is 1. The van der Waals surface area contributed by atoms with Crippen LogP contribution in [-0.4, -0.2) is 57.3 Å². The topological polar surface area (TPSA) is 44.4 Å². The van der Waals surface area contributed by atoms with E-state index in [9.17, 15) is 4.79 Å². The Bertz CT molecular complexity index is 787. The van der Waals surface area contributed by atoms with Gasteiger partial charge < -0.3 is 15.5 Å². The lowest BCUT2D eigenvalue weighted by molar-refractivity contribution is -0.126. The summed E-state index contributed by atoms with van der Waals surface area (Å²) in [6.07, 6.45) is 6.90. The van der Waals surface area contributed by atoms with Crippen molar-refractivity contribution in [2.45, 2.75) is 64.5 Å². The van der Waals surface area contributed by atoms with Gasteiger partial charge in [-0.2, -0.15) is 0 Å². The zero-order valence-electron chi connectivity index (χ0n) is 18.6. The molecule has 4 aliphatic rings. The van der Waals surface area contributed by atoms with Crippen LogP contribution in [0.25, 0.3) is 0 Å². The Morgan fingerprint density at radius 1 is 1.10 bits per heavy atom. The molecule has 0 aliphatic carbocycles. The molecule has 4 aliphatic heterocycles. The van der Waals surface area contributed by atoms with Crippen molar-refractivity contribution in [3.8, 4) is 0 Å². The van der Waals surface area contributed by atoms with Crippen LogP contribution in [0.15, 0.2) is 18.2 Å². The van der Waals surface area contributed by atoms with Gasteiger partial charge in [0, 0.05) is 56.7 Å². The number of amides is 1. The zero-order chi connectivity index (χ0) is 20.1. The number of quaternary nitrogens is 1. The van der Waals surface area contributed by atoms with E-state index in [1.165, 1.54) is 37.1 Å². The summed E-state index contributed by atoms with van der Waals surface area (Å²) < 4.78 is 1.14. The Labute approximate surface area is 187 Å². The first-order chi connectivity index (χ1) is 14.1. The van der Waals surface area contributed by atoms with Crippen LogP contribution in [-0.2, 0) is 4.79 Å². The monoisotopic (exact) mass is 433 g/mol. The van der Waals surface area contributed by atoms with Crippen LogP contribution >= 0.6 is 12.4 Å². The van der Waals surface area contributed by atoms with Gasteiger partial charge in [0.2, 0.25) is 5.91 Å². The average molecular weight is 434 g/mol. The largest absolute Gasteiger partial charge is 0.317 e. The molecule has 2 N–H and O–H groups in total. The van der Waals surface area contributed by atoms with Gasteiger partial charge in [0.1, 0.15) is 11.7 Å². The van der Waals surface area contributed by atoms with E-state index in [4.69, 9.17) is 0 Å². The molecular weight excluding hydrogens is 396 g/mol. The number of carbonyl (C=O) groups is 1. The predicted octanol–water partition coefficient (Wildman–Crippen LogP) is 3.37. The van der Waals surface area contributed by atoms with Gasteiger partial charge in [-0.25, -0.2) is 0 Å². The maximum Gasteiger partial charge on any atom is 0.233 e. The molecule has 4 fully saturated rings. The zero-order valence-corrected chi connectivity index (χ0v) is 19.4. The van der Waals surface area contributed by atoms with Gasteiger partial charge in [-0.15, -0.1) is 12.4 Å². The number of piperidine rings is 1. The molecule has 4 heterocycles. The standard InChI is InChI=1S/C24H37N4O.ClH/c1-18-16-20(28(15-3-4-19(28)2)21-7-11-26-17-21)5-6-22(18)27-14-10-24(23(27)29)8-12-25-13-9-24;/h5-6,16,19,21,25-26H,3-4,7-15,17H2,1-2H3;1H/q+1;/t19-,21+,28?;/m0./s1. The van der Waals surface area contributed by atoms with Crippen LogP contribution in [0.4, 0.5) is 11.4 Å². The first kappa shape index (κ1) is 22.1. The summed E-state index contributed by atoms with van der Waals surface area (Å²) in [4.78, 5) is 15.5. The molecule has 1 amide bonds. The molecule has 1 aromatic carbocycles. The highest BCUT2D eigenvalue weighted by atomic mass is 35.5. The Morgan fingerprint density at radius 3 is 2.53 bits per heavy atom. The number of nitrogens with zero attached hydrogens (tertiary/aromatic N) is 2. The molecular formula is C24H38ClN4O+. The SMILES string of the molecule is Cc1cc([N+]2([C@@H]3CCNC3)CCC[C@@H]2C)ccc1N1CCC2(CCNCC2)C1=O.Cl. The number of likely N-dealkylation sites (tertiary alicyclic amines) is 1. The smallest absolute Gasteiger partial charge is 0.233 e. The molecule has 1 aromatic rings. The molecule has 0 bridgehead atoms. The van der Waals surface area contributed by atoms with Crippen molar-refractivity contribution in [1.82, 2.24) is 15.1 Å². The number of anilines is 1. The highest BCUT2D eigenvalue weighted by molar-refractivity contribution is 6.00. The maximum atomic E-state index is 13.4. The third kappa shape index (κ3) is 3.29. The van der Waals surface area contributed by atoms with Crippen LogP contribution < -0.4 is 20.0 Å². The van der Waals surface area contributed by atoms with Gasteiger partial charge in [0.05, 0.1) is 18.0 Å². The number of hydrogen-bond acceptors (Lipinski definition) is 3. The van der Waals surface area contributed by atoms with Gasteiger partial charge in [0.15, 0.2) is 0 Å². The van der Waals surface area contributed by atoms with E-state index in [0.29, 0.717) is 18.0 Å². The number of benzene rings is 1. The number of rotatable bonds is 3. The van der Waals surface area contributed by atoms with Crippen molar-refractivity contribution in [3.63, 3.8) is 0 Å². The molecule has 5 nitrogen and oxygen atoms in total. The summed E-state index contributed by atoms with van der Waals surface area (Å²) in [6, 6.07) is 8.39. The average Bonchev–Trinajstić information content (AvgIpc) is 3.45. The molecule has 5 rings (SSSR count). The number of hydrogen-bond donors (Lipinski definition) is 2. The number of halogens is 1. The summed E-state index contributed by atoms with van der Waals surface area (Å²) in [7, 11) is 0. The number of nitrogens with one attached hydrogen (secondary N) is 2. The molecule has 166 valence electrons. The van der Waals surface area contributed by atoms with Crippen molar-refractivity contribution >= 4 is 29.7 Å². The molecule has 0 aromatic heterocycles. The molecule has 1 spiro atoms. The van der Waals surface area contributed by atoms with Gasteiger partial charge in [0.25, 0.3) is 0 Å². The molecule has 3 atom stereocenters.